The van der Waals surface area contributed by atoms with Gasteiger partial charge in [0, 0.05) is 13.7 Å². The predicted octanol–water partition coefficient (Wildman–Crippen LogP) is 0.884. The van der Waals surface area contributed by atoms with Gasteiger partial charge < -0.3 is 19.5 Å². The molecular weight excluding hydrogens is 238 g/mol. The molecule has 6 nitrogen and oxygen atoms in total. The summed E-state index contributed by atoms with van der Waals surface area (Å²) >= 11 is 0. The average Bonchev–Trinajstić information content (AvgIpc) is 2.62. The fraction of sp³-hybridized carbons (Fsp3) is 0.833. The van der Waals surface area contributed by atoms with Crippen molar-refractivity contribution in [2.75, 3.05) is 20.3 Å². The molecule has 1 heterocycles. The quantitative estimate of drug-likeness (QED) is 0.811. The van der Waals surface area contributed by atoms with Crippen LogP contribution in [0, 0.1) is 0 Å². The summed E-state index contributed by atoms with van der Waals surface area (Å²) in [6.45, 7) is 5.78. The van der Waals surface area contributed by atoms with E-state index in [1.165, 1.54) is 7.11 Å². The number of nitrogens with one attached hydrogen (secondary N) is 1. The highest BCUT2D eigenvalue weighted by Gasteiger charge is 2.35. The highest BCUT2D eigenvalue weighted by atomic mass is 16.6. The van der Waals surface area contributed by atoms with Crippen LogP contribution in [0.15, 0.2) is 0 Å². The zero-order valence-electron chi connectivity index (χ0n) is 11.3. The third kappa shape index (κ3) is 4.62. The molecule has 0 radical (unpaired) electrons. The first-order valence-corrected chi connectivity index (χ1v) is 5.96. The van der Waals surface area contributed by atoms with E-state index in [0.717, 1.165) is 0 Å². The summed E-state index contributed by atoms with van der Waals surface area (Å²) in [5.41, 5.74) is -0.560. The molecule has 18 heavy (non-hydrogen) atoms. The summed E-state index contributed by atoms with van der Waals surface area (Å²) in [6, 6.07) is -0.345. The third-order valence-corrected chi connectivity index (χ3v) is 2.40. The molecule has 0 bridgehead atoms. The molecule has 0 aromatic heterocycles. The van der Waals surface area contributed by atoms with Gasteiger partial charge in [-0.15, -0.1) is 0 Å². The summed E-state index contributed by atoms with van der Waals surface area (Å²) in [5.74, 6) is -0.170. The van der Waals surface area contributed by atoms with Crippen molar-refractivity contribution in [3.63, 3.8) is 0 Å². The lowest BCUT2D eigenvalue weighted by Gasteiger charge is -2.23. The van der Waals surface area contributed by atoms with Crippen molar-refractivity contribution in [3.05, 3.63) is 0 Å². The molecule has 2 atom stereocenters. The van der Waals surface area contributed by atoms with Gasteiger partial charge in [0.2, 0.25) is 0 Å². The number of carbonyl (C=O) groups is 2. The van der Waals surface area contributed by atoms with Gasteiger partial charge in [0.1, 0.15) is 18.3 Å². The van der Waals surface area contributed by atoms with Crippen molar-refractivity contribution in [2.45, 2.75) is 44.9 Å². The van der Waals surface area contributed by atoms with Crippen LogP contribution < -0.4 is 5.32 Å². The van der Waals surface area contributed by atoms with Crippen LogP contribution in [0.25, 0.3) is 0 Å². The van der Waals surface area contributed by atoms with Gasteiger partial charge in [-0.1, -0.05) is 0 Å². The molecule has 0 spiro atoms. The molecule has 1 N–H and O–H groups in total. The number of hydrogen-bond donors (Lipinski definition) is 1. The largest absolute Gasteiger partial charge is 0.444 e. The Morgan fingerprint density at radius 2 is 2.06 bits per heavy atom. The van der Waals surface area contributed by atoms with Crippen LogP contribution in [0.4, 0.5) is 4.79 Å². The number of hydrogen-bond acceptors (Lipinski definition) is 5. The highest BCUT2D eigenvalue weighted by molar-refractivity contribution is 5.86. The number of amides is 1. The van der Waals surface area contributed by atoms with Crippen LogP contribution in [-0.4, -0.2) is 49.9 Å². The number of alkyl carbamates (subject to hydrolysis) is 1. The minimum Gasteiger partial charge on any atom is -0.444 e. The number of ketones is 1. The maximum absolute atomic E-state index is 11.7. The van der Waals surface area contributed by atoms with Crippen LogP contribution in [0.3, 0.4) is 0 Å². The van der Waals surface area contributed by atoms with Crippen LogP contribution >= 0.6 is 0 Å². The predicted molar refractivity (Wildman–Crippen MR) is 64.4 cm³/mol. The average molecular weight is 259 g/mol. The van der Waals surface area contributed by atoms with Crippen LogP contribution in [0.2, 0.25) is 0 Å². The first kappa shape index (κ1) is 14.9. The summed E-state index contributed by atoms with van der Waals surface area (Å²) < 4.78 is 15.2. The lowest BCUT2D eigenvalue weighted by atomic mass is 10.1. The van der Waals surface area contributed by atoms with Gasteiger partial charge in [-0.2, -0.15) is 0 Å². The lowest BCUT2D eigenvalue weighted by Crippen LogP contribution is -2.46. The smallest absolute Gasteiger partial charge is 0.407 e. The molecule has 0 aliphatic carbocycles. The number of Topliss-reactive ketones (excluding diaryl/α,β-unsaturated/α-hetero) is 1. The molecule has 1 amide bonds. The summed E-state index contributed by atoms with van der Waals surface area (Å²) in [4.78, 5) is 23.3. The van der Waals surface area contributed by atoms with Crippen LogP contribution in [0.5, 0.6) is 0 Å². The van der Waals surface area contributed by atoms with Gasteiger partial charge in [0.05, 0.1) is 6.04 Å². The van der Waals surface area contributed by atoms with E-state index in [-0.39, 0.29) is 18.4 Å². The van der Waals surface area contributed by atoms with Crippen LogP contribution in [-0.2, 0) is 19.0 Å². The molecule has 0 aromatic rings. The summed E-state index contributed by atoms with van der Waals surface area (Å²) in [7, 11) is 1.45. The van der Waals surface area contributed by atoms with E-state index in [1.54, 1.807) is 20.8 Å². The Bertz CT molecular complexity index is 310. The molecule has 1 aliphatic rings. The Morgan fingerprint density at radius 3 is 2.61 bits per heavy atom. The van der Waals surface area contributed by atoms with E-state index in [4.69, 9.17) is 14.2 Å². The second-order valence-electron chi connectivity index (χ2n) is 5.23. The molecule has 0 saturated carbocycles. The molecule has 1 saturated heterocycles. The maximum atomic E-state index is 11.7. The van der Waals surface area contributed by atoms with E-state index in [9.17, 15) is 9.59 Å². The maximum Gasteiger partial charge on any atom is 0.407 e. The van der Waals surface area contributed by atoms with Crippen molar-refractivity contribution in [2.24, 2.45) is 0 Å². The molecule has 1 fully saturated rings. The molecule has 1 aliphatic heterocycles. The van der Waals surface area contributed by atoms with E-state index in [0.29, 0.717) is 13.0 Å². The van der Waals surface area contributed by atoms with Crippen molar-refractivity contribution in [3.8, 4) is 0 Å². The topological polar surface area (TPSA) is 73.9 Å². The zero-order chi connectivity index (χ0) is 13.8. The number of ether oxygens (including phenoxy) is 3. The van der Waals surface area contributed by atoms with Gasteiger partial charge in [-0.25, -0.2) is 4.79 Å². The Morgan fingerprint density at radius 1 is 1.39 bits per heavy atom. The fourth-order valence-corrected chi connectivity index (χ4v) is 1.74. The number of rotatable bonds is 4. The van der Waals surface area contributed by atoms with Crippen LogP contribution in [0.1, 0.15) is 27.2 Å². The van der Waals surface area contributed by atoms with Crippen molar-refractivity contribution in [1.82, 2.24) is 5.32 Å². The summed E-state index contributed by atoms with van der Waals surface area (Å²) in [6.07, 6.45) is -0.579. The molecule has 1 rings (SSSR count). The second kappa shape index (κ2) is 6.15. The van der Waals surface area contributed by atoms with Crippen molar-refractivity contribution < 1.29 is 23.8 Å². The monoisotopic (exact) mass is 259 g/mol. The van der Waals surface area contributed by atoms with Gasteiger partial charge in [-0.05, 0) is 27.2 Å². The standard InChI is InChI=1S/C12H21NO5/c1-12(2,3)18-11(15)13-8-5-6-17-10(8)9(14)7-16-4/h8,10H,5-7H2,1-4H3,(H,13,15). The SMILES string of the molecule is COCC(=O)C1OCCC1NC(=O)OC(C)(C)C. The minimum absolute atomic E-state index is 0.0167. The minimum atomic E-state index is -0.641. The van der Waals surface area contributed by atoms with E-state index in [1.807, 2.05) is 0 Å². The van der Waals surface area contributed by atoms with E-state index < -0.39 is 17.8 Å². The summed E-state index contributed by atoms with van der Waals surface area (Å²) in [5, 5.41) is 2.66. The first-order valence-electron chi connectivity index (χ1n) is 5.96. The Balaban J connectivity index is 2.50. The Labute approximate surface area is 107 Å². The zero-order valence-corrected chi connectivity index (χ0v) is 11.3. The molecule has 2 unspecified atom stereocenters. The lowest BCUT2D eigenvalue weighted by molar-refractivity contribution is -0.132. The molecule has 104 valence electrons. The number of methoxy groups -OCH3 is 1. The van der Waals surface area contributed by atoms with Gasteiger partial charge in [-0.3, -0.25) is 4.79 Å². The van der Waals surface area contributed by atoms with E-state index >= 15 is 0 Å². The highest BCUT2D eigenvalue weighted by Crippen LogP contribution is 2.16. The second-order valence-corrected chi connectivity index (χ2v) is 5.23. The Kier molecular flexibility index (Phi) is 5.10. The normalized spacial score (nSPS) is 23.8. The van der Waals surface area contributed by atoms with Gasteiger partial charge in [0.15, 0.2) is 5.78 Å². The van der Waals surface area contributed by atoms with Gasteiger partial charge >= 0.3 is 6.09 Å². The van der Waals surface area contributed by atoms with Gasteiger partial charge in [0.25, 0.3) is 0 Å². The van der Waals surface area contributed by atoms with Crippen molar-refractivity contribution in [1.29, 1.82) is 0 Å². The fourth-order valence-electron chi connectivity index (χ4n) is 1.74. The number of carbonyl (C=O) groups excluding carboxylic acids is 2. The molecule has 6 heteroatoms. The first-order chi connectivity index (χ1) is 8.33. The van der Waals surface area contributed by atoms with Crippen molar-refractivity contribution >= 4 is 11.9 Å². The molecule has 0 aromatic carbocycles. The third-order valence-electron chi connectivity index (χ3n) is 2.40. The molecular formula is C12H21NO5. The van der Waals surface area contributed by atoms with E-state index in [2.05, 4.69) is 5.32 Å². The Hall–Kier alpha value is -1.14.